The monoisotopic (exact) mass is 394 g/mol. The maximum atomic E-state index is 11.2. The number of hydrogen-bond donors (Lipinski definition) is 3. The molecule has 0 aliphatic heterocycles. The van der Waals surface area contributed by atoms with Gasteiger partial charge in [0.05, 0.1) is 6.10 Å². The van der Waals surface area contributed by atoms with Gasteiger partial charge in [0.15, 0.2) is 0 Å². The summed E-state index contributed by atoms with van der Waals surface area (Å²) in [7, 11) is 0. The first-order chi connectivity index (χ1) is 14.0. The Morgan fingerprint density at radius 2 is 1.79 bits per heavy atom. The van der Waals surface area contributed by atoms with Crippen molar-refractivity contribution in [3.05, 3.63) is 77.0 Å². The van der Waals surface area contributed by atoms with E-state index in [1.54, 1.807) is 12.1 Å². The van der Waals surface area contributed by atoms with E-state index in [-0.39, 0.29) is 11.3 Å². The van der Waals surface area contributed by atoms with Gasteiger partial charge in [-0.05, 0) is 60.7 Å². The number of aliphatic hydroxyl groups is 1. The fraction of sp³-hybridized carbons (Fsp3) is 0.292. The normalized spacial score (nSPS) is 12.1. The molecular weight excluding hydrogens is 368 g/mol. The summed E-state index contributed by atoms with van der Waals surface area (Å²) in [4.78, 5) is 11.2. The highest BCUT2D eigenvalue weighted by atomic mass is 16.4. The van der Waals surface area contributed by atoms with Gasteiger partial charge in [0.1, 0.15) is 22.8 Å². The van der Waals surface area contributed by atoms with Crippen molar-refractivity contribution < 1.29 is 24.5 Å². The van der Waals surface area contributed by atoms with Crippen LogP contribution < -0.4 is 0 Å². The van der Waals surface area contributed by atoms with Gasteiger partial charge in [0, 0.05) is 12.0 Å². The summed E-state index contributed by atoms with van der Waals surface area (Å²) in [5.74, 6) is -0.238. The Balaban J connectivity index is 1.62. The molecule has 0 saturated carbocycles. The lowest BCUT2D eigenvalue weighted by atomic mass is 10.0. The second-order valence-corrected chi connectivity index (χ2v) is 7.20. The summed E-state index contributed by atoms with van der Waals surface area (Å²) in [5.41, 5.74) is 2.59. The molecule has 0 bridgehead atoms. The van der Waals surface area contributed by atoms with Crippen molar-refractivity contribution in [1.29, 1.82) is 0 Å². The van der Waals surface area contributed by atoms with Crippen LogP contribution >= 0.6 is 0 Å². The third kappa shape index (κ3) is 5.27. The number of aromatic carboxylic acids is 1. The third-order valence-corrected chi connectivity index (χ3v) is 5.02. The van der Waals surface area contributed by atoms with Crippen LogP contribution in [0.15, 0.2) is 59.0 Å². The first-order valence-corrected chi connectivity index (χ1v) is 9.90. The van der Waals surface area contributed by atoms with Gasteiger partial charge in [-0.3, -0.25) is 0 Å². The van der Waals surface area contributed by atoms with Crippen LogP contribution in [0.3, 0.4) is 0 Å². The van der Waals surface area contributed by atoms with Crippen LogP contribution in [0.1, 0.15) is 59.5 Å². The average molecular weight is 394 g/mol. The predicted molar refractivity (Wildman–Crippen MR) is 111 cm³/mol. The number of aromatic hydroxyl groups is 1. The van der Waals surface area contributed by atoms with E-state index in [1.807, 2.05) is 18.2 Å². The molecule has 152 valence electrons. The number of benzene rings is 2. The van der Waals surface area contributed by atoms with Crippen LogP contribution in [0.5, 0.6) is 5.75 Å². The molecule has 3 N–H and O–H groups in total. The van der Waals surface area contributed by atoms with E-state index in [4.69, 9.17) is 9.52 Å². The van der Waals surface area contributed by atoms with Crippen molar-refractivity contribution in [3.8, 4) is 17.1 Å². The quantitative estimate of drug-likeness (QED) is 0.454. The Bertz CT molecular complexity index is 956. The highest BCUT2D eigenvalue weighted by Crippen LogP contribution is 2.29. The zero-order valence-corrected chi connectivity index (χ0v) is 16.5. The molecule has 2 aromatic carbocycles. The number of unbranched alkanes of at least 4 members (excludes halogenated alkanes) is 1. The summed E-state index contributed by atoms with van der Waals surface area (Å²) in [5, 5.41) is 29.2. The Kier molecular flexibility index (Phi) is 6.73. The minimum absolute atomic E-state index is 0.168. The molecule has 3 aromatic rings. The second kappa shape index (κ2) is 9.43. The number of aliphatic hydroxyl groups excluding tert-OH is 1. The summed E-state index contributed by atoms with van der Waals surface area (Å²) in [6.07, 6.45) is 3.90. The van der Waals surface area contributed by atoms with Crippen molar-refractivity contribution >= 4 is 5.97 Å². The molecule has 1 heterocycles. The molecule has 5 nitrogen and oxygen atoms in total. The van der Waals surface area contributed by atoms with Crippen molar-refractivity contribution in [2.75, 3.05) is 0 Å². The number of furan rings is 1. The fourth-order valence-corrected chi connectivity index (χ4v) is 3.26. The molecule has 0 saturated heterocycles. The van der Waals surface area contributed by atoms with Gasteiger partial charge in [0.25, 0.3) is 0 Å². The lowest BCUT2D eigenvalue weighted by molar-refractivity contribution is 0.0693. The highest BCUT2D eigenvalue weighted by molar-refractivity contribution is 5.92. The number of rotatable bonds is 9. The minimum atomic E-state index is -1.19. The number of hydrogen-bond acceptors (Lipinski definition) is 4. The number of carbonyl (C=O) groups is 1. The van der Waals surface area contributed by atoms with Crippen molar-refractivity contribution in [2.24, 2.45) is 0 Å². The Hall–Kier alpha value is -3.05. The molecule has 3 rings (SSSR count). The maximum Gasteiger partial charge on any atom is 0.339 e. The van der Waals surface area contributed by atoms with E-state index < -0.39 is 12.1 Å². The molecule has 0 amide bonds. The van der Waals surface area contributed by atoms with Gasteiger partial charge < -0.3 is 19.7 Å². The zero-order chi connectivity index (χ0) is 20.8. The highest BCUT2D eigenvalue weighted by Gasteiger charge is 2.14. The summed E-state index contributed by atoms with van der Waals surface area (Å²) in [6, 6.07) is 16.0. The van der Waals surface area contributed by atoms with Crippen molar-refractivity contribution in [2.45, 2.75) is 45.1 Å². The van der Waals surface area contributed by atoms with E-state index in [2.05, 4.69) is 19.1 Å². The molecule has 29 heavy (non-hydrogen) atoms. The first-order valence-electron chi connectivity index (χ1n) is 9.90. The number of aryl methyl sites for hydroxylation is 2. The summed E-state index contributed by atoms with van der Waals surface area (Å²) in [6.45, 7) is 2.17. The van der Waals surface area contributed by atoms with Gasteiger partial charge in [0.2, 0.25) is 0 Å². The molecule has 1 aromatic heterocycles. The predicted octanol–water partition coefficient (Wildman–Crippen LogP) is 5.36. The van der Waals surface area contributed by atoms with E-state index in [0.717, 1.165) is 24.8 Å². The largest absolute Gasteiger partial charge is 0.507 e. The van der Waals surface area contributed by atoms with Gasteiger partial charge in [-0.15, -0.1) is 0 Å². The minimum Gasteiger partial charge on any atom is -0.507 e. The molecule has 1 atom stereocenters. The number of carboxylic acid groups (broad SMARTS) is 1. The molecule has 0 fully saturated rings. The Morgan fingerprint density at radius 3 is 2.48 bits per heavy atom. The number of phenols is 1. The molecule has 1 unspecified atom stereocenters. The van der Waals surface area contributed by atoms with Crippen LogP contribution in [0.2, 0.25) is 0 Å². The first kappa shape index (κ1) is 20.7. The van der Waals surface area contributed by atoms with E-state index >= 15 is 0 Å². The lowest BCUT2D eigenvalue weighted by Crippen LogP contribution is -1.99. The molecule has 0 aliphatic rings. The number of carboxylic acids is 1. The van der Waals surface area contributed by atoms with Crippen LogP contribution in [0, 0.1) is 0 Å². The lowest BCUT2D eigenvalue weighted by Gasteiger charge is -2.11. The SMILES string of the molecule is CCCCc1ccc(C(O)CCc2ccc(-c3ccc(O)c(C(=O)O)c3)o2)cc1. The second-order valence-electron chi connectivity index (χ2n) is 7.20. The Labute approximate surface area is 170 Å². The van der Waals surface area contributed by atoms with Crippen molar-refractivity contribution in [1.82, 2.24) is 0 Å². The van der Waals surface area contributed by atoms with Crippen LogP contribution in [0.25, 0.3) is 11.3 Å². The average Bonchev–Trinajstić information content (AvgIpc) is 3.20. The van der Waals surface area contributed by atoms with E-state index in [1.165, 1.54) is 17.7 Å². The van der Waals surface area contributed by atoms with Crippen LogP contribution in [-0.4, -0.2) is 21.3 Å². The van der Waals surface area contributed by atoms with Gasteiger partial charge in [-0.1, -0.05) is 37.6 Å². The van der Waals surface area contributed by atoms with Gasteiger partial charge >= 0.3 is 5.97 Å². The molecule has 0 radical (unpaired) electrons. The van der Waals surface area contributed by atoms with Crippen LogP contribution in [0.4, 0.5) is 0 Å². The summed E-state index contributed by atoms with van der Waals surface area (Å²) < 4.78 is 5.81. The molecule has 0 spiro atoms. The summed E-state index contributed by atoms with van der Waals surface area (Å²) >= 11 is 0. The molecule has 0 aliphatic carbocycles. The molecular formula is C24H26O5. The molecule has 5 heteroatoms. The van der Waals surface area contributed by atoms with Crippen molar-refractivity contribution in [3.63, 3.8) is 0 Å². The third-order valence-electron chi connectivity index (χ3n) is 5.02. The van der Waals surface area contributed by atoms with Gasteiger partial charge in [-0.2, -0.15) is 0 Å². The maximum absolute atomic E-state index is 11.2. The zero-order valence-electron chi connectivity index (χ0n) is 16.5. The topological polar surface area (TPSA) is 90.9 Å². The Morgan fingerprint density at radius 1 is 1.03 bits per heavy atom. The van der Waals surface area contributed by atoms with E-state index in [9.17, 15) is 15.0 Å². The van der Waals surface area contributed by atoms with Crippen LogP contribution in [-0.2, 0) is 12.8 Å². The van der Waals surface area contributed by atoms with Gasteiger partial charge in [-0.25, -0.2) is 4.79 Å². The standard InChI is InChI=1S/C24H26O5/c1-2-3-4-16-5-7-17(8-6-16)21(25)13-10-19-11-14-23(29-19)18-9-12-22(26)20(15-18)24(27)28/h5-9,11-12,14-15,21,25-26H,2-4,10,13H2,1H3,(H,27,28). The van der Waals surface area contributed by atoms with E-state index in [0.29, 0.717) is 29.9 Å². The smallest absolute Gasteiger partial charge is 0.339 e. The fourth-order valence-electron chi connectivity index (χ4n) is 3.26.